The Bertz CT molecular complexity index is 317. The first kappa shape index (κ1) is 11.6. The third kappa shape index (κ3) is 2.82. The fourth-order valence-electron chi connectivity index (χ4n) is 1.94. The van der Waals surface area contributed by atoms with Gasteiger partial charge in [-0.2, -0.15) is 0 Å². The Kier molecular flexibility index (Phi) is 3.59. The molecule has 0 bridgehead atoms. The summed E-state index contributed by atoms with van der Waals surface area (Å²) in [6, 6.07) is 9.68. The van der Waals surface area contributed by atoms with Gasteiger partial charge in [0.15, 0.2) is 5.79 Å². The molecule has 16 heavy (non-hydrogen) atoms. The van der Waals surface area contributed by atoms with Crippen LogP contribution in [0.3, 0.4) is 0 Å². The average molecular weight is 222 g/mol. The Morgan fingerprint density at radius 2 is 1.88 bits per heavy atom. The maximum Gasteiger partial charge on any atom is 0.165 e. The molecule has 1 aromatic carbocycles. The first-order chi connectivity index (χ1) is 7.70. The fourth-order valence-corrected chi connectivity index (χ4v) is 1.94. The van der Waals surface area contributed by atoms with E-state index in [0.717, 1.165) is 5.56 Å². The van der Waals surface area contributed by atoms with Gasteiger partial charge in [0.2, 0.25) is 0 Å². The minimum absolute atomic E-state index is 0.439. The largest absolute Gasteiger partial charge is 0.388 e. The molecule has 1 aliphatic rings. The molecule has 3 nitrogen and oxygen atoms in total. The molecule has 0 spiro atoms. The zero-order valence-corrected chi connectivity index (χ0v) is 9.56. The maximum absolute atomic E-state index is 9.98. The van der Waals surface area contributed by atoms with Crippen molar-refractivity contribution in [3.63, 3.8) is 0 Å². The zero-order chi connectivity index (χ0) is 11.4. The summed E-state index contributed by atoms with van der Waals surface area (Å²) in [7, 11) is 0. The van der Waals surface area contributed by atoms with E-state index < -0.39 is 11.9 Å². The molecule has 1 saturated heterocycles. The lowest BCUT2D eigenvalue weighted by atomic mass is 10.0. The van der Waals surface area contributed by atoms with Gasteiger partial charge in [0.25, 0.3) is 0 Å². The summed E-state index contributed by atoms with van der Waals surface area (Å²) in [5, 5.41) is 9.98. The third-order valence-electron chi connectivity index (χ3n) is 2.95. The number of aliphatic hydroxyl groups excluding tert-OH is 1. The van der Waals surface area contributed by atoms with Gasteiger partial charge in [0.1, 0.15) is 0 Å². The molecule has 1 unspecified atom stereocenters. The maximum atomic E-state index is 9.98. The Labute approximate surface area is 96.0 Å². The molecule has 0 amide bonds. The summed E-state index contributed by atoms with van der Waals surface area (Å²) in [4.78, 5) is 0. The van der Waals surface area contributed by atoms with Gasteiger partial charge in [0, 0.05) is 6.42 Å². The third-order valence-corrected chi connectivity index (χ3v) is 2.95. The Morgan fingerprint density at radius 3 is 2.50 bits per heavy atom. The summed E-state index contributed by atoms with van der Waals surface area (Å²) in [6.07, 6.45) is 0.926. The molecule has 0 aliphatic carbocycles. The highest BCUT2D eigenvalue weighted by Gasteiger charge is 2.31. The van der Waals surface area contributed by atoms with Crippen LogP contribution in [0.4, 0.5) is 0 Å². The van der Waals surface area contributed by atoms with Crippen molar-refractivity contribution in [2.75, 3.05) is 13.2 Å². The van der Waals surface area contributed by atoms with Gasteiger partial charge in [-0.15, -0.1) is 0 Å². The lowest BCUT2D eigenvalue weighted by Crippen LogP contribution is -2.26. The minimum Gasteiger partial charge on any atom is -0.388 e. The van der Waals surface area contributed by atoms with Crippen LogP contribution in [-0.4, -0.2) is 24.1 Å². The standard InChI is InChI=1S/C13H18O3/c1-13(15-9-10-16-13)8-7-12(14)11-5-3-2-4-6-11/h2-6,12,14H,7-10H2,1H3. The number of ether oxygens (including phenoxy) is 2. The summed E-state index contributed by atoms with van der Waals surface area (Å²) in [5.74, 6) is -0.504. The Hall–Kier alpha value is -0.900. The lowest BCUT2D eigenvalue weighted by molar-refractivity contribution is -0.151. The van der Waals surface area contributed by atoms with E-state index >= 15 is 0 Å². The van der Waals surface area contributed by atoms with E-state index in [-0.39, 0.29) is 0 Å². The topological polar surface area (TPSA) is 38.7 Å². The molecular formula is C13H18O3. The van der Waals surface area contributed by atoms with E-state index in [2.05, 4.69) is 0 Å². The van der Waals surface area contributed by atoms with Crippen LogP contribution in [0, 0.1) is 0 Å². The molecule has 0 radical (unpaired) electrons. The van der Waals surface area contributed by atoms with E-state index in [1.165, 1.54) is 0 Å². The molecular weight excluding hydrogens is 204 g/mol. The second-order valence-electron chi connectivity index (χ2n) is 4.30. The van der Waals surface area contributed by atoms with E-state index in [1.54, 1.807) is 0 Å². The van der Waals surface area contributed by atoms with Crippen molar-refractivity contribution in [3.8, 4) is 0 Å². The van der Waals surface area contributed by atoms with E-state index in [9.17, 15) is 5.11 Å². The van der Waals surface area contributed by atoms with E-state index in [0.29, 0.717) is 26.1 Å². The van der Waals surface area contributed by atoms with Crippen molar-refractivity contribution in [1.29, 1.82) is 0 Å². The molecule has 1 heterocycles. The van der Waals surface area contributed by atoms with Gasteiger partial charge in [-0.1, -0.05) is 30.3 Å². The minimum atomic E-state index is -0.504. The number of benzene rings is 1. The van der Waals surface area contributed by atoms with Gasteiger partial charge >= 0.3 is 0 Å². The van der Waals surface area contributed by atoms with Crippen LogP contribution in [0.25, 0.3) is 0 Å². The molecule has 1 N–H and O–H groups in total. The summed E-state index contributed by atoms with van der Waals surface area (Å²) in [5.41, 5.74) is 0.948. The fraction of sp³-hybridized carbons (Fsp3) is 0.538. The van der Waals surface area contributed by atoms with Gasteiger partial charge in [0.05, 0.1) is 19.3 Å². The summed E-state index contributed by atoms with van der Waals surface area (Å²) >= 11 is 0. The highest BCUT2D eigenvalue weighted by molar-refractivity contribution is 5.17. The first-order valence-corrected chi connectivity index (χ1v) is 5.70. The predicted octanol–water partition coefficient (Wildman–Crippen LogP) is 2.26. The number of hydrogen-bond donors (Lipinski definition) is 1. The number of aliphatic hydroxyl groups is 1. The molecule has 88 valence electrons. The van der Waals surface area contributed by atoms with Crippen LogP contribution >= 0.6 is 0 Å². The summed E-state index contributed by atoms with van der Waals surface area (Å²) < 4.78 is 11.0. The first-order valence-electron chi connectivity index (χ1n) is 5.70. The second-order valence-corrected chi connectivity index (χ2v) is 4.30. The van der Waals surface area contributed by atoms with Crippen molar-refractivity contribution < 1.29 is 14.6 Å². The number of hydrogen-bond acceptors (Lipinski definition) is 3. The SMILES string of the molecule is CC1(CCC(O)c2ccccc2)OCCO1. The molecule has 3 heteroatoms. The lowest BCUT2D eigenvalue weighted by Gasteiger charge is -2.23. The zero-order valence-electron chi connectivity index (χ0n) is 9.56. The molecule has 0 aromatic heterocycles. The van der Waals surface area contributed by atoms with E-state index in [4.69, 9.17) is 9.47 Å². The average Bonchev–Trinajstić information content (AvgIpc) is 2.75. The van der Waals surface area contributed by atoms with Crippen molar-refractivity contribution in [1.82, 2.24) is 0 Å². The van der Waals surface area contributed by atoms with Crippen LogP contribution in [0.5, 0.6) is 0 Å². The van der Waals surface area contributed by atoms with E-state index in [1.807, 2.05) is 37.3 Å². The second kappa shape index (κ2) is 4.95. The predicted molar refractivity (Wildman–Crippen MR) is 60.9 cm³/mol. The van der Waals surface area contributed by atoms with Crippen LogP contribution in [-0.2, 0) is 9.47 Å². The summed E-state index contributed by atoms with van der Waals surface area (Å²) in [6.45, 7) is 3.23. The van der Waals surface area contributed by atoms with Gasteiger partial charge < -0.3 is 14.6 Å². The van der Waals surface area contributed by atoms with Crippen molar-refractivity contribution >= 4 is 0 Å². The highest BCUT2D eigenvalue weighted by Crippen LogP contribution is 2.28. The normalized spacial score (nSPS) is 20.9. The molecule has 1 aromatic rings. The molecule has 1 fully saturated rings. The monoisotopic (exact) mass is 222 g/mol. The van der Waals surface area contributed by atoms with Crippen molar-refractivity contribution in [2.45, 2.75) is 31.7 Å². The molecule has 0 saturated carbocycles. The van der Waals surface area contributed by atoms with Crippen LogP contribution < -0.4 is 0 Å². The number of rotatable bonds is 4. The molecule has 2 rings (SSSR count). The van der Waals surface area contributed by atoms with Crippen molar-refractivity contribution in [3.05, 3.63) is 35.9 Å². The highest BCUT2D eigenvalue weighted by atomic mass is 16.7. The Morgan fingerprint density at radius 1 is 1.25 bits per heavy atom. The molecule has 1 aliphatic heterocycles. The molecule has 1 atom stereocenters. The van der Waals surface area contributed by atoms with Gasteiger partial charge in [-0.3, -0.25) is 0 Å². The van der Waals surface area contributed by atoms with Gasteiger partial charge in [-0.05, 0) is 18.9 Å². The van der Waals surface area contributed by atoms with Gasteiger partial charge in [-0.25, -0.2) is 0 Å². The van der Waals surface area contributed by atoms with Crippen molar-refractivity contribution in [2.24, 2.45) is 0 Å². The van der Waals surface area contributed by atoms with Crippen LogP contribution in [0.1, 0.15) is 31.4 Å². The quantitative estimate of drug-likeness (QED) is 0.849. The van der Waals surface area contributed by atoms with Crippen LogP contribution in [0.2, 0.25) is 0 Å². The smallest absolute Gasteiger partial charge is 0.165 e. The van der Waals surface area contributed by atoms with Crippen LogP contribution in [0.15, 0.2) is 30.3 Å². The Balaban J connectivity index is 1.86.